The monoisotopic (exact) mass is 520 g/mol. The molecule has 2 aromatic carbocycles. The molecule has 1 atom stereocenters. The van der Waals surface area contributed by atoms with Gasteiger partial charge in [-0.2, -0.15) is 8.42 Å². The highest BCUT2D eigenvalue weighted by Crippen LogP contribution is 2.25. The molecule has 1 fully saturated rings. The van der Waals surface area contributed by atoms with Crippen LogP contribution in [-0.2, 0) is 38.7 Å². The number of hydrogen-bond acceptors (Lipinski definition) is 9. The van der Waals surface area contributed by atoms with E-state index in [9.17, 15) is 27.4 Å². The Morgan fingerprint density at radius 3 is 2.42 bits per heavy atom. The van der Waals surface area contributed by atoms with Crippen LogP contribution >= 0.6 is 0 Å². The molecule has 10 nitrogen and oxygen atoms in total. The van der Waals surface area contributed by atoms with Crippen LogP contribution in [0.25, 0.3) is 10.8 Å². The van der Waals surface area contributed by atoms with Crippen LogP contribution in [-0.4, -0.2) is 49.9 Å². The Balaban J connectivity index is 1.65. The first-order valence-electron chi connectivity index (χ1n) is 11.4. The normalized spacial score (nSPS) is 15.2. The van der Waals surface area contributed by atoms with Crippen molar-refractivity contribution in [3.05, 3.63) is 48.6 Å². The number of ether oxygens (including phenoxy) is 4. The van der Waals surface area contributed by atoms with Gasteiger partial charge in [-0.15, -0.1) is 0 Å². The molecule has 0 amide bonds. The van der Waals surface area contributed by atoms with Crippen molar-refractivity contribution in [1.82, 2.24) is 0 Å². The maximum atomic E-state index is 12.6. The predicted molar refractivity (Wildman–Crippen MR) is 128 cm³/mol. The highest BCUT2D eigenvalue weighted by Gasteiger charge is 2.29. The molecule has 0 bridgehead atoms. The molecule has 1 unspecified atom stereocenters. The molecule has 0 heterocycles. The standard InChI is InChI=1S/C25H28O10S/c1-16(2)24(27)35-22(25(28)33-15-32-19-6-4-3-5-7-19)14-23(26)34-20-10-8-17-9-11-21(36(29,30)31)13-18(17)12-20/h8-13,19,22H,1,3-7,14-15H2,2H3,(H,29,30,31). The second-order valence-corrected chi connectivity index (χ2v) is 9.93. The van der Waals surface area contributed by atoms with E-state index in [-0.39, 0.29) is 29.1 Å². The summed E-state index contributed by atoms with van der Waals surface area (Å²) < 4.78 is 53.0. The van der Waals surface area contributed by atoms with Gasteiger partial charge in [0.1, 0.15) is 5.75 Å². The molecule has 0 saturated heterocycles. The van der Waals surface area contributed by atoms with Gasteiger partial charge in [-0.3, -0.25) is 9.35 Å². The van der Waals surface area contributed by atoms with E-state index in [4.69, 9.17) is 18.9 Å². The molecule has 1 N–H and O–H groups in total. The van der Waals surface area contributed by atoms with Gasteiger partial charge in [0, 0.05) is 5.57 Å². The summed E-state index contributed by atoms with van der Waals surface area (Å²) in [5.74, 6) is -2.68. The van der Waals surface area contributed by atoms with Crippen molar-refractivity contribution in [2.24, 2.45) is 0 Å². The van der Waals surface area contributed by atoms with Gasteiger partial charge in [0.15, 0.2) is 6.79 Å². The average molecular weight is 521 g/mol. The Kier molecular flexibility index (Phi) is 9.19. The zero-order valence-corrected chi connectivity index (χ0v) is 20.6. The molecule has 36 heavy (non-hydrogen) atoms. The van der Waals surface area contributed by atoms with E-state index >= 15 is 0 Å². The number of rotatable bonds is 10. The summed E-state index contributed by atoms with van der Waals surface area (Å²) in [4.78, 5) is 36.8. The fourth-order valence-corrected chi connectivity index (χ4v) is 4.18. The van der Waals surface area contributed by atoms with E-state index in [0.717, 1.165) is 32.1 Å². The first kappa shape index (κ1) is 27.3. The Bertz CT molecular complexity index is 1240. The highest BCUT2D eigenvalue weighted by molar-refractivity contribution is 7.85. The lowest BCUT2D eigenvalue weighted by atomic mass is 9.98. The fraction of sp³-hybridized carbons (Fsp3) is 0.400. The van der Waals surface area contributed by atoms with Gasteiger partial charge in [-0.05, 0) is 54.8 Å². The van der Waals surface area contributed by atoms with E-state index in [2.05, 4.69) is 6.58 Å². The molecule has 2 aromatic rings. The lowest BCUT2D eigenvalue weighted by Crippen LogP contribution is -2.34. The molecule has 1 aliphatic carbocycles. The SMILES string of the molecule is C=C(C)C(=O)OC(CC(=O)Oc1ccc2ccc(S(=O)(=O)O)cc2c1)C(=O)OCOC1CCCCC1. The number of esters is 3. The van der Waals surface area contributed by atoms with Crippen LogP contribution in [0.3, 0.4) is 0 Å². The minimum absolute atomic E-state index is 0.0119. The smallest absolute Gasteiger partial charge is 0.350 e. The Morgan fingerprint density at radius 2 is 1.75 bits per heavy atom. The lowest BCUT2D eigenvalue weighted by molar-refractivity contribution is -0.180. The van der Waals surface area contributed by atoms with E-state index in [1.807, 2.05) is 0 Å². The predicted octanol–water partition coefficient (Wildman–Crippen LogP) is 3.72. The van der Waals surface area contributed by atoms with Crippen LogP contribution < -0.4 is 4.74 Å². The van der Waals surface area contributed by atoms with Gasteiger partial charge >= 0.3 is 17.9 Å². The lowest BCUT2D eigenvalue weighted by Gasteiger charge is -2.22. The second kappa shape index (κ2) is 12.1. The minimum Gasteiger partial charge on any atom is -0.446 e. The summed E-state index contributed by atoms with van der Waals surface area (Å²) in [6.45, 7) is 4.52. The van der Waals surface area contributed by atoms with Crippen molar-refractivity contribution in [2.45, 2.75) is 62.6 Å². The van der Waals surface area contributed by atoms with Gasteiger partial charge < -0.3 is 18.9 Å². The van der Waals surface area contributed by atoms with Crippen molar-refractivity contribution >= 4 is 38.8 Å². The van der Waals surface area contributed by atoms with Crippen LogP contribution in [0.1, 0.15) is 45.4 Å². The Hall–Kier alpha value is -3.28. The van der Waals surface area contributed by atoms with Crippen molar-refractivity contribution in [2.75, 3.05) is 6.79 Å². The highest BCUT2D eigenvalue weighted by atomic mass is 32.2. The van der Waals surface area contributed by atoms with E-state index in [1.165, 1.54) is 37.3 Å². The van der Waals surface area contributed by atoms with Gasteiger partial charge in [0.2, 0.25) is 6.10 Å². The number of carbonyl (C=O) groups excluding carboxylic acids is 3. The summed E-state index contributed by atoms with van der Waals surface area (Å²) in [7, 11) is -4.41. The second-order valence-electron chi connectivity index (χ2n) is 8.51. The summed E-state index contributed by atoms with van der Waals surface area (Å²) >= 11 is 0. The van der Waals surface area contributed by atoms with Crippen LogP contribution in [0.4, 0.5) is 0 Å². The molecule has 0 aliphatic heterocycles. The van der Waals surface area contributed by atoms with Crippen molar-refractivity contribution in [3.8, 4) is 5.75 Å². The largest absolute Gasteiger partial charge is 0.446 e. The number of benzene rings is 2. The van der Waals surface area contributed by atoms with Gasteiger partial charge in [0.05, 0.1) is 17.4 Å². The third kappa shape index (κ3) is 7.87. The molecule has 0 radical (unpaired) electrons. The van der Waals surface area contributed by atoms with Crippen molar-refractivity contribution < 1.29 is 46.3 Å². The zero-order chi connectivity index (χ0) is 26.3. The Morgan fingerprint density at radius 1 is 1.06 bits per heavy atom. The van der Waals surface area contributed by atoms with Crippen LogP contribution in [0.5, 0.6) is 5.75 Å². The molecular formula is C25H28O10S. The number of hydrogen-bond donors (Lipinski definition) is 1. The summed E-state index contributed by atoms with van der Waals surface area (Å²) in [5, 5.41) is 1.02. The third-order valence-corrected chi connectivity index (χ3v) is 6.43. The van der Waals surface area contributed by atoms with Crippen LogP contribution in [0.2, 0.25) is 0 Å². The maximum absolute atomic E-state index is 12.6. The topological polar surface area (TPSA) is 142 Å². The average Bonchev–Trinajstić information content (AvgIpc) is 2.83. The first-order chi connectivity index (χ1) is 17.0. The molecular weight excluding hydrogens is 492 g/mol. The van der Waals surface area contributed by atoms with Crippen molar-refractivity contribution in [1.29, 1.82) is 0 Å². The Labute approximate surface area is 208 Å². The maximum Gasteiger partial charge on any atom is 0.350 e. The summed E-state index contributed by atoms with van der Waals surface area (Å²) in [5.41, 5.74) is 0.0313. The van der Waals surface area contributed by atoms with E-state index in [1.54, 1.807) is 6.07 Å². The van der Waals surface area contributed by atoms with Crippen LogP contribution in [0, 0.1) is 0 Å². The molecule has 0 spiro atoms. The molecule has 1 saturated carbocycles. The number of fused-ring (bicyclic) bond motifs is 1. The first-order valence-corrected chi connectivity index (χ1v) is 12.8. The van der Waals surface area contributed by atoms with E-state index in [0.29, 0.717) is 10.8 Å². The summed E-state index contributed by atoms with van der Waals surface area (Å²) in [6.07, 6.45) is 2.73. The van der Waals surface area contributed by atoms with E-state index < -0.39 is 40.6 Å². The van der Waals surface area contributed by atoms with Gasteiger partial charge in [-0.25, -0.2) is 9.59 Å². The van der Waals surface area contributed by atoms with Gasteiger partial charge in [-0.1, -0.05) is 38.0 Å². The summed E-state index contributed by atoms with van der Waals surface area (Å²) in [6, 6.07) is 8.41. The minimum atomic E-state index is -4.41. The van der Waals surface area contributed by atoms with Gasteiger partial charge in [0.25, 0.3) is 10.1 Å². The zero-order valence-electron chi connectivity index (χ0n) is 19.8. The molecule has 1 aliphatic rings. The quantitative estimate of drug-likeness (QED) is 0.162. The molecule has 194 valence electrons. The molecule has 3 rings (SSSR count). The van der Waals surface area contributed by atoms with Crippen molar-refractivity contribution in [3.63, 3.8) is 0 Å². The third-order valence-electron chi connectivity index (χ3n) is 5.58. The molecule has 0 aromatic heterocycles. The van der Waals surface area contributed by atoms with Crippen LogP contribution in [0.15, 0.2) is 53.4 Å². The fourth-order valence-electron chi connectivity index (χ4n) is 3.67. The number of carbonyl (C=O) groups is 3. The molecule has 11 heteroatoms.